The highest BCUT2D eigenvalue weighted by molar-refractivity contribution is 7.22. The number of fused-ring (bicyclic) bond motifs is 2. The number of carbonyl (C=O) groups excluding carboxylic acids is 1. The molecule has 0 saturated carbocycles. The van der Waals surface area contributed by atoms with Crippen molar-refractivity contribution in [2.75, 3.05) is 51.5 Å². The van der Waals surface area contributed by atoms with E-state index in [4.69, 9.17) is 9.47 Å². The van der Waals surface area contributed by atoms with Crippen molar-refractivity contribution >= 4 is 32.6 Å². The van der Waals surface area contributed by atoms with Crippen LogP contribution in [0.2, 0.25) is 0 Å². The predicted molar refractivity (Wildman–Crippen MR) is 117 cm³/mol. The number of likely N-dealkylation sites (N-methyl/N-ethyl adjacent to an activating group) is 1. The third-order valence-electron chi connectivity index (χ3n) is 5.55. The highest BCUT2D eigenvalue weighted by atomic mass is 32.1. The van der Waals surface area contributed by atoms with Gasteiger partial charge in [0.2, 0.25) is 12.7 Å². The second-order valence-corrected chi connectivity index (χ2v) is 8.67. The maximum atomic E-state index is 12.8. The second kappa shape index (κ2) is 8.12. The van der Waals surface area contributed by atoms with Crippen LogP contribution in [0, 0.1) is 0 Å². The van der Waals surface area contributed by atoms with Gasteiger partial charge in [-0.1, -0.05) is 29.5 Å². The summed E-state index contributed by atoms with van der Waals surface area (Å²) in [4.78, 5) is 23.7. The van der Waals surface area contributed by atoms with Crippen molar-refractivity contribution in [3.63, 3.8) is 0 Å². The lowest BCUT2D eigenvalue weighted by Crippen LogP contribution is -2.50. The molecule has 1 amide bonds. The molecule has 0 aliphatic carbocycles. The Labute approximate surface area is 179 Å². The SMILES string of the molecule is CN(CC(=O)N1CCN(Cc2ccc3c(c2)OCO3)CC1)c1nc2ccccc2s1. The molecule has 8 heteroatoms. The zero-order valence-electron chi connectivity index (χ0n) is 16.9. The van der Waals surface area contributed by atoms with Crippen molar-refractivity contribution in [2.45, 2.75) is 6.54 Å². The van der Waals surface area contributed by atoms with Gasteiger partial charge in [-0.15, -0.1) is 0 Å². The largest absolute Gasteiger partial charge is 0.454 e. The molecule has 2 aromatic carbocycles. The minimum absolute atomic E-state index is 0.152. The lowest BCUT2D eigenvalue weighted by molar-refractivity contribution is -0.131. The predicted octanol–water partition coefficient (Wildman–Crippen LogP) is 2.81. The summed E-state index contributed by atoms with van der Waals surface area (Å²) in [5, 5.41) is 0.881. The molecule has 7 nitrogen and oxygen atoms in total. The van der Waals surface area contributed by atoms with Crippen LogP contribution in [0.5, 0.6) is 11.5 Å². The van der Waals surface area contributed by atoms with Crippen molar-refractivity contribution < 1.29 is 14.3 Å². The smallest absolute Gasteiger partial charge is 0.242 e. The van der Waals surface area contributed by atoms with Gasteiger partial charge in [-0.05, 0) is 29.8 Å². The van der Waals surface area contributed by atoms with Crippen molar-refractivity contribution in [1.82, 2.24) is 14.8 Å². The first-order chi connectivity index (χ1) is 14.7. The number of amides is 1. The topological polar surface area (TPSA) is 58.1 Å². The van der Waals surface area contributed by atoms with E-state index in [1.807, 2.05) is 47.2 Å². The van der Waals surface area contributed by atoms with Gasteiger partial charge in [-0.25, -0.2) is 4.98 Å². The summed E-state index contributed by atoms with van der Waals surface area (Å²) >= 11 is 1.62. The second-order valence-electron chi connectivity index (χ2n) is 7.66. The third kappa shape index (κ3) is 3.93. The number of para-hydroxylation sites is 1. The van der Waals surface area contributed by atoms with E-state index in [1.54, 1.807) is 11.3 Å². The molecule has 0 bridgehead atoms. The number of anilines is 1. The van der Waals surface area contributed by atoms with Crippen LogP contribution in [-0.2, 0) is 11.3 Å². The molecule has 2 aliphatic rings. The number of carbonyl (C=O) groups is 1. The van der Waals surface area contributed by atoms with Crippen molar-refractivity contribution in [1.29, 1.82) is 0 Å². The quantitative estimate of drug-likeness (QED) is 0.628. The van der Waals surface area contributed by atoms with E-state index in [2.05, 4.69) is 22.0 Å². The maximum Gasteiger partial charge on any atom is 0.242 e. The molecule has 3 aromatic rings. The molecule has 3 heterocycles. The summed E-state index contributed by atoms with van der Waals surface area (Å²) in [5.74, 6) is 1.78. The number of piperazine rings is 1. The monoisotopic (exact) mass is 424 g/mol. The molecule has 5 rings (SSSR count). The summed E-state index contributed by atoms with van der Waals surface area (Å²) in [6, 6.07) is 14.2. The summed E-state index contributed by atoms with van der Waals surface area (Å²) in [7, 11) is 1.94. The Bertz CT molecular complexity index is 1030. The normalized spacial score (nSPS) is 16.2. The van der Waals surface area contributed by atoms with Gasteiger partial charge < -0.3 is 19.3 Å². The van der Waals surface area contributed by atoms with Gasteiger partial charge in [0.05, 0.1) is 16.8 Å². The van der Waals surface area contributed by atoms with E-state index in [0.717, 1.165) is 59.6 Å². The number of rotatable bonds is 5. The van der Waals surface area contributed by atoms with E-state index in [-0.39, 0.29) is 5.91 Å². The Hall–Kier alpha value is -2.84. The fourth-order valence-electron chi connectivity index (χ4n) is 3.85. The van der Waals surface area contributed by atoms with Crippen LogP contribution in [0.1, 0.15) is 5.56 Å². The number of thiazole rings is 1. The molecular formula is C22H24N4O3S. The van der Waals surface area contributed by atoms with Gasteiger partial charge in [-0.2, -0.15) is 0 Å². The molecule has 0 radical (unpaired) electrons. The molecule has 2 aliphatic heterocycles. The summed E-state index contributed by atoms with van der Waals surface area (Å²) < 4.78 is 12.0. The number of benzene rings is 2. The van der Waals surface area contributed by atoms with Gasteiger partial charge in [0.15, 0.2) is 16.6 Å². The molecule has 30 heavy (non-hydrogen) atoms. The van der Waals surface area contributed by atoms with Crippen LogP contribution in [0.25, 0.3) is 10.2 Å². The number of ether oxygens (including phenoxy) is 2. The van der Waals surface area contributed by atoms with Crippen LogP contribution in [0.15, 0.2) is 42.5 Å². The average Bonchev–Trinajstić information content (AvgIpc) is 3.40. The first-order valence-corrected chi connectivity index (χ1v) is 10.9. The lowest BCUT2D eigenvalue weighted by Gasteiger charge is -2.35. The van der Waals surface area contributed by atoms with Crippen LogP contribution >= 0.6 is 11.3 Å². The van der Waals surface area contributed by atoms with E-state index in [9.17, 15) is 4.79 Å². The van der Waals surface area contributed by atoms with E-state index < -0.39 is 0 Å². The molecule has 156 valence electrons. The fourth-order valence-corrected chi connectivity index (χ4v) is 4.77. The van der Waals surface area contributed by atoms with Gasteiger partial charge >= 0.3 is 0 Å². The fraction of sp³-hybridized carbons (Fsp3) is 0.364. The maximum absolute atomic E-state index is 12.8. The zero-order chi connectivity index (χ0) is 20.5. The van der Waals surface area contributed by atoms with Crippen LogP contribution in [0.3, 0.4) is 0 Å². The van der Waals surface area contributed by atoms with Gasteiger partial charge in [-0.3, -0.25) is 9.69 Å². The minimum atomic E-state index is 0.152. The first-order valence-electron chi connectivity index (χ1n) is 10.1. The molecule has 1 fully saturated rings. The number of hydrogen-bond acceptors (Lipinski definition) is 7. The van der Waals surface area contributed by atoms with Gasteiger partial charge in [0, 0.05) is 39.8 Å². The zero-order valence-corrected chi connectivity index (χ0v) is 17.7. The summed E-state index contributed by atoms with van der Waals surface area (Å²) in [6.07, 6.45) is 0. The summed E-state index contributed by atoms with van der Waals surface area (Å²) in [5.41, 5.74) is 2.18. The van der Waals surface area contributed by atoms with Gasteiger partial charge in [0.1, 0.15) is 0 Å². The van der Waals surface area contributed by atoms with Crippen LogP contribution in [-0.4, -0.2) is 67.3 Å². The molecule has 1 saturated heterocycles. The Morgan fingerprint density at radius 2 is 1.90 bits per heavy atom. The highest BCUT2D eigenvalue weighted by Gasteiger charge is 2.23. The molecular weight excluding hydrogens is 400 g/mol. The molecule has 0 unspecified atom stereocenters. The van der Waals surface area contributed by atoms with Crippen LogP contribution < -0.4 is 14.4 Å². The van der Waals surface area contributed by atoms with Crippen molar-refractivity contribution in [2.24, 2.45) is 0 Å². The minimum Gasteiger partial charge on any atom is -0.454 e. The van der Waals surface area contributed by atoms with Gasteiger partial charge in [0.25, 0.3) is 0 Å². The molecule has 0 spiro atoms. The third-order valence-corrected chi connectivity index (χ3v) is 6.70. The number of nitrogens with zero attached hydrogens (tertiary/aromatic N) is 4. The van der Waals surface area contributed by atoms with E-state index in [0.29, 0.717) is 13.3 Å². The Morgan fingerprint density at radius 3 is 2.73 bits per heavy atom. The Balaban J connectivity index is 1.14. The number of hydrogen-bond donors (Lipinski definition) is 0. The van der Waals surface area contributed by atoms with E-state index in [1.165, 1.54) is 5.56 Å². The average molecular weight is 425 g/mol. The highest BCUT2D eigenvalue weighted by Crippen LogP contribution is 2.33. The van der Waals surface area contributed by atoms with E-state index >= 15 is 0 Å². The first kappa shape index (κ1) is 19.1. The molecule has 1 aromatic heterocycles. The molecule has 0 atom stereocenters. The van der Waals surface area contributed by atoms with Crippen molar-refractivity contribution in [3.05, 3.63) is 48.0 Å². The number of aromatic nitrogens is 1. The Morgan fingerprint density at radius 1 is 1.10 bits per heavy atom. The Kier molecular flexibility index (Phi) is 5.18. The lowest BCUT2D eigenvalue weighted by atomic mass is 10.1. The standard InChI is InChI=1S/C22H24N4O3S/c1-24(22-23-17-4-2-3-5-20(17)30-22)14-21(27)26-10-8-25(9-11-26)13-16-6-7-18-19(12-16)29-15-28-18/h2-7,12H,8-11,13-15H2,1H3. The molecule has 0 N–H and O–H groups in total. The summed E-state index contributed by atoms with van der Waals surface area (Å²) in [6.45, 7) is 4.72. The van der Waals surface area contributed by atoms with Crippen LogP contribution in [0.4, 0.5) is 5.13 Å². The van der Waals surface area contributed by atoms with Crippen molar-refractivity contribution in [3.8, 4) is 11.5 Å².